The molecule has 0 amide bonds. The van der Waals surface area contributed by atoms with E-state index in [9.17, 15) is 4.79 Å². The maximum absolute atomic E-state index is 12.3. The van der Waals surface area contributed by atoms with Gasteiger partial charge in [-0.25, -0.2) is 4.98 Å². The summed E-state index contributed by atoms with van der Waals surface area (Å²) in [6, 6.07) is 17.8. The van der Waals surface area contributed by atoms with Crippen LogP contribution in [-0.4, -0.2) is 50.8 Å². The summed E-state index contributed by atoms with van der Waals surface area (Å²) in [5, 5.41) is 6.01. The molecule has 4 aromatic rings. The van der Waals surface area contributed by atoms with Crippen molar-refractivity contribution in [1.29, 1.82) is 0 Å². The molecule has 1 saturated heterocycles. The lowest BCUT2D eigenvalue weighted by Crippen LogP contribution is -2.47. The van der Waals surface area contributed by atoms with E-state index in [2.05, 4.69) is 43.7 Å². The minimum absolute atomic E-state index is 0.205. The number of aromatic amines is 2. The van der Waals surface area contributed by atoms with Gasteiger partial charge in [0.2, 0.25) is 0 Å². The zero-order valence-electron chi connectivity index (χ0n) is 17.6. The first kappa shape index (κ1) is 20.3. The number of nitrogens with one attached hydrogen (secondary N) is 2. The van der Waals surface area contributed by atoms with Gasteiger partial charge in [-0.15, -0.1) is 0 Å². The molecule has 0 bridgehead atoms. The number of nitrogens with zero attached hydrogens (tertiary/aromatic N) is 4. The van der Waals surface area contributed by atoms with Crippen molar-refractivity contribution in [2.24, 2.45) is 0 Å². The minimum Gasteiger partial charge on any atom is -0.370 e. The second-order valence-electron chi connectivity index (χ2n) is 7.86. The van der Waals surface area contributed by atoms with Crippen molar-refractivity contribution in [1.82, 2.24) is 24.6 Å². The Morgan fingerprint density at radius 2 is 1.75 bits per heavy atom. The minimum atomic E-state index is -0.208. The summed E-state index contributed by atoms with van der Waals surface area (Å²) >= 11 is 5.76. The van der Waals surface area contributed by atoms with E-state index in [1.807, 2.05) is 59.4 Å². The summed E-state index contributed by atoms with van der Waals surface area (Å²) in [7, 11) is 0. The van der Waals surface area contributed by atoms with E-state index in [1.165, 1.54) is 0 Å². The van der Waals surface area contributed by atoms with Crippen molar-refractivity contribution < 1.29 is 0 Å². The lowest BCUT2D eigenvalue weighted by Gasteiger charge is -2.40. The van der Waals surface area contributed by atoms with Gasteiger partial charge in [-0.2, -0.15) is 0 Å². The second kappa shape index (κ2) is 8.47. The fraction of sp³-hybridized carbons (Fsp3) is 0.208. The van der Waals surface area contributed by atoms with Gasteiger partial charge in [0.15, 0.2) is 0 Å². The Morgan fingerprint density at radius 1 is 1.00 bits per heavy atom. The zero-order valence-corrected chi connectivity index (χ0v) is 18.4. The molecule has 0 aliphatic carbocycles. The van der Waals surface area contributed by atoms with E-state index < -0.39 is 0 Å². The molecule has 4 heterocycles. The molecule has 1 aliphatic heterocycles. The maximum atomic E-state index is 12.3. The van der Waals surface area contributed by atoms with Gasteiger partial charge in [0, 0.05) is 44.3 Å². The number of anilines is 1. The molecule has 0 spiro atoms. The van der Waals surface area contributed by atoms with Gasteiger partial charge in [0.05, 0.1) is 11.6 Å². The Hall–Kier alpha value is -3.65. The third-order valence-electron chi connectivity index (χ3n) is 6.03. The molecule has 1 fully saturated rings. The second-order valence-corrected chi connectivity index (χ2v) is 8.25. The molecule has 1 aliphatic rings. The summed E-state index contributed by atoms with van der Waals surface area (Å²) in [6.07, 6.45) is 3.76. The lowest BCUT2D eigenvalue weighted by atomic mass is 10.0. The van der Waals surface area contributed by atoms with E-state index >= 15 is 0 Å². The van der Waals surface area contributed by atoms with Crippen LogP contribution < -0.4 is 10.5 Å². The molecule has 2 N–H and O–H groups in total. The predicted octanol–water partition coefficient (Wildman–Crippen LogP) is 3.71. The van der Waals surface area contributed by atoms with Gasteiger partial charge in [0.1, 0.15) is 15.8 Å². The molecule has 0 radical (unpaired) electrons. The van der Waals surface area contributed by atoms with Gasteiger partial charge in [-0.05, 0) is 23.8 Å². The number of hydrogen-bond acceptors (Lipinski definition) is 5. The van der Waals surface area contributed by atoms with Crippen molar-refractivity contribution in [2.75, 3.05) is 31.1 Å². The normalized spacial score (nSPS) is 15.1. The monoisotopic (exact) mass is 444 g/mol. The largest absolute Gasteiger partial charge is 0.370 e. The van der Waals surface area contributed by atoms with Gasteiger partial charge >= 0.3 is 0 Å². The van der Waals surface area contributed by atoms with Crippen LogP contribution in [0.1, 0.15) is 11.6 Å². The highest BCUT2D eigenvalue weighted by Crippen LogP contribution is 2.30. The number of pyridine rings is 2. The van der Waals surface area contributed by atoms with Crippen molar-refractivity contribution in [3.63, 3.8) is 0 Å². The fourth-order valence-corrected chi connectivity index (χ4v) is 4.72. The van der Waals surface area contributed by atoms with Crippen LogP contribution in [0.2, 0.25) is 0 Å². The third-order valence-corrected chi connectivity index (χ3v) is 6.44. The van der Waals surface area contributed by atoms with E-state index in [0.29, 0.717) is 15.5 Å². The van der Waals surface area contributed by atoms with Crippen LogP contribution >= 0.6 is 12.2 Å². The molecule has 1 aromatic carbocycles. The van der Waals surface area contributed by atoms with Crippen LogP contribution in [0.5, 0.6) is 0 Å². The number of rotatable bonds is 5. The Labute approximate surface area is 190 Å². The highest BCUT2D eigenvalue weighted by atomic mass is 32.1. The van der Waals surface area contributed by atoms with Crippen LogP contribution in [0.15, 0.2) is 84.1 Å². The van der Waals surface area contributed by atoms with Crippen LogP contribution in [0.4, 0.5) is 5.82 Å². The molecule has 1 unspecified atom stereocenters. The van der Waals surface area contributed by atoms with Gasteiger partial charge in [-0.3, -0.25) is 15.0 Å². The highest BCUT2D eigenvalue weighted by molar-refractivity contribution is 7.71. The van der Waals surface area contributed by atoms with Crippen molar-refractivity contribution in [3.05, 3.63) is 99.8 Å². The maximum Gasteiger partial charge on any atom is 0.274 e. The Morgan fingerprint density at radius 3 is 2.47 bits per heavy atom. The molecule has 8 heteroatoms. The number of H-pyrrole nitrogens is 2. The van der Waals surface area contributed by atoms with E-state index in [-0.39, 0.29) is 11.6 Å². The summed E-state index contributed by atoms with van der Waals surface area (Å²) < 4.78 is 2.47. The van der Waals surface area contributed by atoms with Crippen molar-refractivity contribution in [2.45, 2.75) is 6.04 Å². The van der Waals surface area contributed by atoms with Crippen LogP contribution in [0.3, 0.4) is 0 Å². The molecular weight excluding hydrogens is 420 g/mol. The fourth-order valence-electron chi connectivity index (χ4n) is 4.35. The first-order valence-corrected chi connectivity index (χ1v) is 11.0. The molecule has 5 rings (SSSR count). The first-order valence-electron chi connectivity index (χ1n) is 10.6. The molecule has 162 valence electrons. The number of piperazine rings is 1. The van der Waals surface area contributed by atoms with Crippen LogP contribution in [0, 0.1) is 4.64 Å². The molecule has 32 heavy (non-hydrogen) atoms. The van der Waals surface area contributed by atoms with Gasteiger partial charge < -0.3 is 14.4 Å². The van der Waals surface area contributed by atoms with Crippen LogP contribution in [-0.2, 0) is 0 Å². The number of aromatic nitrogens is 4. The summed E-state index contributed by atoms with van der Waals surface area (Å²) in [6.45, 7) is 7.88. The van der Waals surface area contributed by atoms with E-state index in [1.54, 1.807) is 0 Å². The molecular formula is C24H24N6OS. The smallest absolute Gasteiger partial charge is 0.274 e. The summed E-state index contributed by atoms with van der Waals surface area (Å²) in [4.78, 5) is 21.4. The number of allylic oxidation sites excluding steroid dienone is 1. The molecule has 0 saturated carbocycles. The first-order chi connectivity index (χ1) is 15.6. The topological polar surface area (TPSA) is 73.0 Å². The average molecular weight is 445 g/mol. The zero-order chi connectivity index (χ0) is 22.1. The Bertz CT molecular complexity index is 1350. The SMILES string of the molecule is C=C(C(c1ccccc1)n1ccc2[nH][nH]c(=O)c2c1=S)N1CCN(c2ccccn2)CC1. The van der Waals surface area contributed by atoms with Crippen molar-refractivity contribution in [3.8, 4) is 0 Å². The quantitative estimate of drug-likeness (QED) is 0.459. The predicted molar refractivity (Wildman–Crippen MR) is 129 cm³/mol. The summed E-state index contributed by atoms with van der Waals surface area (Å²) in [5.41, 5.74) is 2.53. The number of fused-ring (bicyclic) bond motifs is 1. The van der Waals surface area contributed by atoms with Crippen LogP contribution in [0.25, 0.3) is 10.9 Å². The highest BCUT2D eigenvalue weighted by Gasteiger charge is 2.26. The molecule has 7 nitrogen and oxygen atoms in total. The Balaban J connectivity index is 1.48. The number of benzene rings is 1. The average Bonchev–Trinajstić information content (AvgIpc) is 3.23. The lowest BCUT2D eigenvalue weighted by molar-refractivity contribution is 0.294. The number of hydrogen-bond donors (Lipinski definition) is 2. The molecule has 1 atom stereocenters. The third kappa shape index (κ3) is 3.62. The summed E-state index contributed by atoms with van der Waals surface area (Å²) in [5.74, 6) is 0.997. The van der Waals surface area contributed by atoms with E-state index in [0.717, 1.165) is 43.3 Å². The molecule has 3 aromatic heterocycles. The Kier molecular flexibility index (Phi) is 5.36. The van der Waals surface area contributed by atoms with Gasteiger partial charge in [0.25, 0.3) is 5.56 Å². The standard InChI is InChI=1S/C24H24N6OS/c1-17(28-13-15-29(16-14-28)20-9-5-6-11-25-20)22(18-7-3-2-4-8-18)30-12-10-19-21(24(30)32)23(31)27-26-19/h2-12,22H,1,13-16H2,(H2,26,27,31). The van der Waals surface area contributed by atoms with Crippen molar-refractivity contribution >= 4 is 28.9 Å². The van der Waals surface area contributed by atoms with E-state index in [4.69, 9.17) is 12.2 Å². The van der Waals surface area contributed by atoms with Gasteiger partial charge in [-0.1, -0.05) is 55.2 Å².